The zero-order chi connectivity index (χ0) is 14.5. The summed E-state index contributed by atoms with van der Waals surface area (Å²) in [7, 11) is 1.89. The van der Waals surface area contributed by atoms with Crippen LogP contribution in [0, 0.1) is 6.92 Å². The lowest BCUT2D eigenvalue weighted by Crippen LogP contribution is -2.27. The third-order valence-electron chi connectivity index (χ3n) is 3.09. The summed E-state index contributed by atoms with van der Waals surface area (Å²) in [4.78, 5) is 11.8. The Balaban J connectivity index is 1.81. The largest absolute Gasteiger partial charge is 0.324 e. The molecule has 0 aliphatic heterocycles. The van der Waals surface area contributed by atoms with Crippen molar-refractivity contribution >= 4 is 23.2 Å². The summed E-state index contributed by atoms with van der Waals surface area (Å²) in [6.45, 7) is 2.82. The second-order valence-corrected chi connectivity index (χ2v) is 4.92. The average molecular weight is 293 g/mol. The Morgan fingerprint density at radius 2 is 2.15 bits per heavy atom. The average Bonchev–Trinajstić information content (AvgIpc) is 2.73. The molecule has 0 atom stereocenters. The molecule has 0 bridgehead atoms. The van der Waals surface area contributed by atoms with Crippen molar-refractivity contribution in [2.45, 2.75) is 13.5 Å². The minimum Gasteiger partial charge on any atom is -0.324 e. The van der Waals surface area contributed by atoms with Crippen molar-refractivity contribution in [1.29, 1.82) is 0 Å². The molecule has 20 heavy (non-hydrogen) atoms. The van der Waals surface area contributed by atoms with E-state index in [1.54, 1.807) is 23.0 Å². The predicted molar refractivity (Wildman–Crippen MR) is 79.7 cm³/mol. The van der Waals surface area contributed by atoms with E-state index < -0.39 is 0 Å². The molecule has 2 rings (SSSR count). The van der Waals surface area contributed by atoms with Gasteiger partial charge < -0.3 is 10.6 Å². The number of aryl methyl sites for hydroxylation is 1. The van der Waals surface area contributed by atoms with Crippen LogP contribution in [0.15, 0.2) is 30.5 Å². The highest BCUT2D eigenvalue weighted by Crippen LogP contribution is 2.19. The summed E-state index contributed by atoms with van der Waals surface area (Å²) in [5.74, 6) is -0.125. The van der Waals surface area contributed by atoms with Crippen LogP contribution >= 0.6 is 11.6 Å². The summed E-state index contributed by atoms with van der Waals surface area (Å²) in [6.07, 6.45) is 1.80. The molecule has 1 aromatic carbocycles. The fourth-order valence-electron chi connectivity index (χ4n) is 1.79. The van der Waals surface area contributed by atoms with Gasteiger partial charge in [0.2, 0.25) is 5.91 Å². The number of carbonyl (C=O) groups excluding carboxylic acids is 1. The van der Waals surface area contributed by atoms with E-state index in [4.69, 9.17) is 11.6 Å². The van der Waals surface area contributed by atoms with Crippen molar-refractivity contribution < 1.29 is 4.79 Å². The van der Waals surface area contributed by atoms with Crippen LogP contribution in [0.25, 0.3) is 0 Å². The first-order chi connectivity index (χ1) is 9.58. The molecule has 6 heteroatoms. The van der Waals surface area contributed by atoms with Crippen molar-refractivity contribution in [2.75, 3.05) is 11.9 Å². The number of para-hydroxylation sites is 1. The fraction of sp³-hybridized carbons (Fsp3) is 0.286. The van der Waals surface area contributed by atoms with Gasteiger partial charge in [-0.3, -0.25) is 9.48 Å². The number of halogens is 1. The Bertz CT molecular complexity index is 609. The van der Waals surface area contributed by atoms with Crippen LogP contribution in [-0.4, -0.2) is 22.2 Å². The van der Waals surface area contributed by atoms with E-state index in [2.05, 4.69) is 15.7 Å². The number of hydrogen-bond acceptors (Lipinski definition) is 3. The molecule has 0 saturated carbocycles. The van der Waals surface area contributed by atoms with Crippen LogP contribution in [0.4, 0.5) is 5.69 Å². The molecule has 0 spiro atoms. The first-order valence-electron chi connectivity index (χ1n) is 6.30. The smallest absolute Gasteiger partial charge is 0.238 e. The lowest BCUT2D eigenvalue weighted by atomic mass is 10.2. The molecule has 0 unspecified atom stereocenters. The molecule has 0 aliphatic rings. The van der Waals surface area contributed by atoms with Crippen LogP contribution in [0.3, 0.4) is 0 Å². The predicted octanol–water partition coefficient (Wildman–Crippen LogP) is 2.11. The van der Waals surface area contributed by atoms with E-state index in [1.807, 2.05) is 26.1 Å². The highest BCUT2D eigenvalue weighted by atomic mass is 35.5. The number of amides is 1. The van der Waals surface area contributed by atoms with Gasteiger partial charge in [-0.05, 0) is 19.1 Å². The number of rotatable bonds is 5. The minimum absolute atomic E-state index is 0.125. The van der Waals surface area contributed by atoms with Crippen LogP contribution in [0.2, 0.25) is 5.02 Å². The molecule has 106 valence electrons. The number of nitrogens with zero attached hydrogens (tertiary/aromatic N) is 2. The van der Waals surface area contributed by atoms with Gasteiger partial charge in [-0.1, -0.05) is 23.7 Å². The van der Waals surface area contributed by atoms with Crippen LogP contribution in [0.5, 0.6) is 0 Å². The fourth-order valence-corrected chi connectivity index (χ4v) is 1.97. The highest BCUT2D eigenvalue weighted by Gasteiger charge is 2.06. The van der Waals surface area contributed by atoms with Gasteiger partial charge in [0.15, 0.2) is 0 Å². The third-order valence-corrected chi connectivity index (χ3v) is 3.42. The van der Waals surface area contributed by atoms with Gasteiger partial charge in [0.1, 0.15) is 0 Å². The standard InChI is InChI=1S/C14H17ClN4O/c1-10-11(8-17-19(10)2)7-16-9-14(20)18-13-6-4-3-5-12(13)15/h3-6,8,16H,7,9H2,1-2H3,(H,18,20). The van der Waals surface area contributed by atoms with Gasteiger partial charge in [0.05, 0.1) is 23.5 Å². The van der Waals surface area contributed by atoms with Gasteiger partial charge in [-0.15, -0.1) is 0 Å². The van der Waals surface area contributed by atoms with Crippen molar-refractivity contribution in [3.05, 3.63) is 46.7 Å². The molecule has 2 aromatic rings. The van der Waals surface area contributed by atoms with Gasteiger partial charge >= 0.3 is 0 Å². The maximum Gasteiger partial charge on any atom is 0.238 e. The first-order valence-corrected chi connectivity index (χ1v) is 6.68. The molecule has 1 heterocycles. The maximum absolute atomic E-state index is 11.8. The minimum atomic E-state index is -0.125. The zero-order valence-corrected chi connectivity index (χ0v) is 12.2. The van der Waals surface area contributed by atoms with Gasteiger partial charge in [-0.2, -0.15) is 5.10 Å². The van der Waals surface area contributed by atoms with E-state index in [1.165, 1.54) is 0 Å². The summed E-state index contributed by atoms with van der Waals surface area (Å²) < 4.78 is 1.81. The lowest BCUT2D eigenvalue weighted by Gasteiger charge is -2.08. The summed E-state index contributed by atoms with van der Waals surface area (Å²) in [5, 5.41) is 10.5. The number of aromatic nitrogens is 2. The molecule has 5 nitrogen and oxygen atoms in total. The third kappa shape index (κ3) is 3.59. The molecular formula is C14H17ClN4O. The number of carbonyl (C=O) groups is 1. The quantitative estimate of drug-likeness (QED) is 0.887. The van der Waals surface area contributed by atoms with Gasteiger partial charge in [-0.25, -0.2) is 0 Å². The highest BCUT2D eigenvalue weighted by molar-refractivity contribution is 6.33. The lowest BCUT2D eigenvalue weighted by molar-refractivity contribution is -0.115. The zero-order valence-electron chi connectivity index (χ0n) is 11.5. The molecule has 1 aromatic heterocycles. The summed E-state index contributed by atoms with van der Waals surface area (Å²) in [5.41, 5.74) is 2.79. The monoisotopic (exact) mass is 292 g/mol. The second-order valence-electron chi connectivity index (χ2n) is 4.51. The molecule has 1 amide bonds. The molecule has 2 N–H and O–H groups in total. The number of anilines is 1. The van der Waals surface area contributed by atoms with E-state index in [-0.39, 0.29) is 12.5 Å². The van der Waals surface area contributed by atoms with E-state index in [0.29, 0.717) is 17.3 Å². The van der Waals surface area contributed by atoms with E-state index in [0.717, 1.165) is 11.3 Å². The van der Waals surface area contributed by atoms with E-state index in [9.17, 15) is 4.79 Å². The SMILES string of the molecule is Cc1c(CNCC(=O)Nc2ccccc2Cl)cnn1C. The van der Waals surface area contributed by atoms with Crippen molar-refractivity contribution in [3.63, 3.8) is 0 Å². The van der Waals surface area contributed by atoms with Crippen LogP contribution < -0.4 is 10.6 Å². The molecule has 0 radical (unpaired) electrons. The topological polar surface area (TPSA) is 59.0 Å². The Morgan fingerprint density at radius 3 is 2.80 bits per heavy atom. The van der Waals surface area contributed by atoms with E-state index >= 15 is 0 Å². The maximum atomic E-state index is 11.8. The first kappa shape index (κ1) is 14.6. The van der Waals surface area contributed by atoms with Crippen molar-refractivity contribution in [1.82, 2.24) is 15.1 Å². The Kier molecular flexibility index (Phi) is 4.76. The summed E-state index contributed by atoms with van der Waals surface area (Å²) in [6, 6.07) is 7.16. The molecule has 0 saturated heterocycles. The van der Waals surface area contributed by atoms with Crippen molar-refractivity contribution in [3.8, 4) is 0 Å². The van der Waals surface area contributed by atoms with Crippen LogP contribution in [-0.2, 0) is 18.4 Å². The second kappa shape index (κ2) is 6.54. The van der Waals surface area contributed by atoms with Gasteiger partial charge in [0, 0.05) is 24.8 Å². The normalized spacial score (nSPS) is 10.6. The Labute approximate surface area is 122 Å². The number of nitrogens with one attached hydrogen (secondary N) is 2. The molecular weight excluding hydrogens is 276 g/mol. The Hall–Kier alpha value is -1.85. The van der Waals surface area contributed by atoms with Crippen LogP contribution in [0.1, 0.15) is 11.3 Å². The number of benzene rings is 1. The number of hydrogen-bond donors (Lipinski definition) is 2. The summed E-state index contributed by atoms with van der Waals surface area (Å²) >= 11 is 5.98. The molecule has 0 fully saturated rings. The Morgan fingerprint density at radius 1 is 1.40 bits per heavy atom. The molecule has 0 aliphatic carbocycles. The van der Waals surface area contributed by atoms with Gasteiger partial charge in [0.25, 0.3) is 0 Å². The van der Waals surface area contributed by atoms with Crippen molar-refractivity contribution in [2.24, 2.45) is 7.05 Å².